The molecule has 1 aliphatic rings. The van der Waals surface area contributed by atoms with Gasteiger partial charge in [-0.3, -0.25) is 14.6 Å². The van der Waals surface area contributed by atoms with E-state index in [4.69, 9.17) is 10.00 Å². The number of H-pyrrole nitrogens is 1. The lowest BCUT2D eigenvalue weighted by Crippen LogP contribution is -2.35. The first-order valence-corrected chi connectivity index (χ1v) is 10.2. The molecular formula is C22H19N3O4S. The van der Waals surface area contributed by atoms with Crippen LogP contribution in [-0.4, -0.2) is 23.1 Å². The highest BCUT2D eigenvalue weighted by atomic mass is 32.1. The topological polar surface area (TPSA) is 106 Å². The zero-order valence-electron chi connectivity index (χ0n) is 16.3. The Morgan fingerprint density at radius 2 is 1.97 bits per heavy atom. The first-order chi connectivity index (χ1) is 14.5. The number of nitriles is 1. The van der Waals surface area contributed by atoms with Crippen molar-refractivity contribution in [2.75, 3.05) is 12.0 Å². The van der Waals surface area contributed by atoms with E-state index >= 15 is 0 Å². The number of hydrogen-bond acceptors (Lipinski definition) is 6. The summed E-state index contributed by atoms with van der Waals surface area (Å²) >= 11 is 0.978. The number of fused-ring (bicyclic) bond motifs is 1. The van der Waals surface area contributed by atoms with Crippen LogP contribution in [0.2, 0.25) is 0 Å². The van der Waals surface area contributed by atoms with Crippen molar-refractivity contribution in [1.29, 1.82) is 5.26 Å². The van der Waals surface area contributed by atoms with Crippen LogP contribution in [0.3, 0.4) is 0 Å². The van der Waals surface area contributed by atoms with Crippen LogP contribution < -0.4 is 14.5 Å². The zero-order chi connectivity index (χ0) is 21.3. The van der Waals surface area contributed by atoms with E-state index in [1.807, 2.05) is 24.3 Å². The number of aromatic amines is 1. The van der Waals surface area contributed by atoms with E-state index < -0.39 is 0 Å². The maximum atomic E-state index is 12.8. The summed E-state index contributed by atoms with van der Waals surface area (Å²) in [5.41, 5.74) is 4.10. The molecule has 0 aliphatic carbocycles. The van der Waals surface area contributed by atoms with Crippen molar-refractivity contribution in [2.24, 2.45) is 0 Å². The van der Waals surface area contributed by atoms with Crippen molar-refractivity contribution in [3.05, 3.63) is 73.2 Å². The Morgan fingerprint density at radius 1 is 1.20 bits per heavy atom. The fourth-order valence-electron chi connectivity index (χ4n) is 3.73. The monoisotopic (exact) mass is 421 g/mol. The lowest BCUT2D eigenvalue weighted by Gasteiger charge is -2.32. The SMILES string of the molecule is COc1ccc(Cc2sc(=O)[nH]c2O)c2c1N(Cc1ccc(C#N)cc1)C(=O)CC2. The van der Waals surface area contributed by atoms with Gasteiger partial charge < -0.3 is 14.7 Å². The molecule has 0 saturated heterocycles. The molecule has 0 atom stereocenters. The molecule has 0 fully saturated rings. The number of methoxy groups -OCH3 is 1. The van der Waals surface area contributed by atoms with E-state index in [1.165, 1.54) is 0 Å². The Bertz CT molecular complexity index is 1200. The number of aromatic nitrogens is 1. The molecule has 0 radical (unpaired) electrons. The number of carbonyl (C=O) groups excluding carboxylic acids is 1. The number of anilines is 1. The molecule has 8 heteroatoms. The van der Waals surface area contributed by atoms with Crippen molar-refractivity contribution in [3.63, 3.8) is 0 Å². The molecule has 0 saturated carbocycles. The molecule has 2 N–H and O–H groups in total. The molecule has 0 unspecified atom stereocenters. The molecule has 4 rings (SSSR count). The van der Waals surface area contributed by atoms with Crippen LogP contribution in [0.15, 0.2) is 41.2 Å². The third kappa shape index (κ3) is 3.67. The van der Waals surface area contributed by atoms with E-state index in [0.717, 1.165) is 33.7 Å². The smallest absolute Gasteiger partial charge is 0.307 e. The first-order valence-electron chi connectivity index (χ1n) is 9.39. The summed E-state index contributed by atoms with van der Waals surface area (Å²) in [6.07, 6.45) is 1.31. The van der Waals surface area contributed by atoms with E-state index in [2.05, 4.69) is 11.1 Å². The highest BCUT2D eigenvalue weighted by molar-refractivity contribution is 7.09. The van der Waals surface area contributed by atoms with Gasteiger partial charge in [-0.15, -0.1) is 0 Å². The van der Waals surface area contributed by atoms with Gasteiger partial charge in [0, 0.05) is 12.8 Å². The van der Waals surface area contributed by atoms with Crippen LogP contribution in [-0.2, 0) is 24.2 Å². The second-order valence-electron chi connectivity index (χ2n) is 7.01. The normalized spacial score (nSPS) is 13.1. The fraction of sp³-hybridized carbons (Fsp3) is 0.227. The van der Waals surface area contributed by atoms with Gasteiger partial charge in [-0.25, -0.2) is 0 Å². The molecule has 1 amide bonds. The van der Waals surface area contributed by atoms with Crippen LogP contribution in [0.1, 0.15) is 33.6 Å². The number of aromatic hydroxyl groups is 1. The molecule has 2 heterocycles. The van der Waals surface area contributed by atoms with Crippen LogP contribution in [0.4, 0.5) is 5.69 Å². The Morgan fingerprint density at radius 3 is 2.60 bits per heavy atom. The van der Waals surface area contributed by atoms with E-state index in [9.17, 15) is 14.7 Å². The van der Waals surface area contributed by atoms with Crippen LogP contribution in [0, 0.1) is 11.3 Å². The van der Waals surface area contributed by atoms with Gasteiger partial charge in [0.1, 0.15) is 5.75 Å². The summed E-state index contributed by atoms with van der Waals surface area (Å²) in [6, 6.07) is 13.0. The van der Waals surface area contributed by atoms with Gasteiger partial charge >= 0.3 is 4.87 Å². The van der Waals surface area contributed by atoms with Crippen LogP contribution >= 0.6 is 11.3 Å². The van der Waals surface area contributed by atoms with Gasteiger partial charge in [-0.1, -0.05) is 29.5 Å². The average molecular weight is 421 g/mol. The average Bonchev–Trinajstić information content (AvgIpc) is 3.07. The molecular weight excluding hydrogens is 402 g/mol. The quantitative estimate of drug-likeness (QED) is 0.658. The minimum atomic E-state index is -0.303. The molecule has 152 valence electrons. The summed E-state index contributed by atoms with van der Waals surface area (Å²) in [5, 5.41) is 19.0. The summed E-state index contributed by atoms with van der Waals surface area (Å²) < 4.78 is 5.56. The standard InChI is InChI=1S/C22H19N3O4S/c1-29-17-8-6-15(10-18-21(27)24-22(28)30-18)16-7-9-19(26)25(20(16)17)12-14-4-2-13(11-23)3-5-14/h2-6,8,27H,7,9-10,12H2,1H3,(H,24,28). The second-order valence-corrected chi connectivity index (χ2v) is 8.07. The minimum Gasteiger partial charge on any atom is -0.495 e. The lowest BCUT2D eigenvalue weighted by molar-refractivity contribution is -0.119. The molecule has 30 heavy (non-hydrogen) atoms. The summed E-state index contributed by atoms with van der Waals surface area (Å²) in [6.45, 7) is 0.361. The highest BCUT2D eigenvalue weighted by Gasteiger charge is 2.30. The van der Waals surface area contributed by atoms with Crippen molar-refractivity contribution in [1.82, 2.24) is 4.98 Å². The van der Waals surface area contributed by atoms with Crippen LogP contribution in [0.5, 0.6) is 11.6 Å². The summed E-state index contributed by atoms with van der Waals surface area (Å²) in [7, 11) is 1.57. The zero-order valence-corrected chi connectivity index (χ0v) is 17.1. The third-order valence-electron chi connectivity index (χ3n) is 5.20. The van der Waals surface area contributed by atoms with Gasteiger partial charge in [0.05, 0.1) is 35.9 Å². The first kappa shape index (κ1) is 19.7. The number of thiazole rings is 1. The summed E-state index contributed by atoms with van der Waals surface area (Å²) in [5.74, 6) is 0.481. The predicted molar refractivity (Wildman–Crippen MR) is 113 cm³/mol. The maximum Gasteiger partial charge on any atom is 0.307 e. The number of hydrogen-bond donors (Lipinski definition) is 2. The van der Waals surface area contributed by atoms with Crippen molar-refractivity contribution >= 4 is 22.9 Å². The number of nitrogens with one attached hydrogen (secondary N) is 1. The largest absolute Gasteiger partial charge is 0.495 e. The van der Waals surface area contributed by atoms with Crippen LogP contribution in [0.25, 0.3) is 0 Å². The van der Waals surface area contributed by atoms with Crippen molar-refractivity contribution < 1.29 is 14.6 Å². The highest BCUT2D eigenvalue weighted by Crippen LogP contribution is 2.40. The Labute approximate surface area is 176 Å². The van der Waals surface area contributed by atoms with Gasteiger partial charge in [-0.05, 0) is 41.3 Å². The Balaban J connectivity index is 1.75. The van der Waals surface area contributed by atoms with E-state index in [-0.39, 0.29) is 16.7 Å². The molecule has 0 spiro atoms. The fourth-order valence-corrected chi connectivity index (χ4v) is 4.48. The van der Waals surface area contributed by atoms with Crippen molar-refractivity contribution in [3.8, 4) is 17.7 Å². The van der Waals surface area contributed by atoms with E-state index in [0.29, 0.717) is 42.0 Å². The summed E-state index contributed by atoms with van der Waals surface area (Å²) in [4.78, 5) is 28.7. The van der Waals surface area contributed by atoms with Gasteiger partial charge in [0.25, 0.3) is 0 Å². The van der Waals surface area contributed by atoms with E-state index in [1.54, 1.807) is 24.1 Å². The molecule has 1 aromatic heterocycles. The Kier molecular flexibility index (Phi) is 5.29. The predicted octanol–water partition coefficient (Wildman–Crippen LogP) is 3.09. The number of amides is 1. The molecule has 7 nitrogen and oxygen atoms in total. The third-order valence-corrected chi connectivity index (χ3v) is 6.07. The molecule has 0 bridgehead atoms. The number of nitrogens with zero attached hydrogens (tertiary/aromatic N) is 2. The number of rotatable bonds is 5. The van der Waals surface area contributed by atoms with Gasteiger partial charge in [0.15, 0.2) is 0 Å². The number of benzene rings is 2. The molecule has 3 aromatic rings. The molecule has 2 aromatic carbocycles. The number of carbonyl (C=O) groups is 1. The van der Waals surface area contributed by atoms with Gasteiger partial charge in [-0.2, -0.15) is 5.26 Å². The second kappa shape index (κ2) is 8.05. The van der Waals surface area contributed by atoms with Crippen molar-refractivity contribution in [2.45, 2.75) is 25.8 Å². The maximum absolute atomic E-state index is 12.8. The minimum absolute atomic E-state index is 0.00328. The Hall–Kier alpha value is -3.57. The number of ether oxygens (including phenoxy) is 1. The molecule has 1 aliphatic heterocycles. The lowest BCUT2D eigenvalue weighted by atomic mass is 9.92. The van der Waals surface area contributed by atoms with Gasteiger partial charge in [0.2, 0.25) is 11.8 Å².